The summed E-state index contributed by atoms with van der Waals surface area (Å²) < 4.78 is 18.1. The number of unbranched alkanes of at least 4 members (excludes halogenated alkanes) is 2. The second-order valence-electron chi connectivity index (χ2n) is 15.2. The van der Waals surface area contributed by atoms with Crippen LogP contribution in [0.3, 0.4) is 0 Å². The molecular weight excluding hydrogens is 655 g/mol. The number of aromatic nitrogens is 4. The molecule has 5 aromatic rings. The van der Waals surface area contributed by atoms with E-state index in [0.717, 1.165) is 60.0 Å². The molecule has 0 bridgehead atoms. The topological polar surface area (TPSA) is 102 Å². The number of anilines is 2. The Hall–Kier alpha value is -5.12. The fourth-order valence-corrected chi connectivity index (χ4v) is 6.58. The van der Waals surface area contributed by atoms with Crippen molar-refractivity contribution >= 4 is 28.2 Å². The van der Waals surface area contributed by atoms with E-state index < -0.39 is 16.8 Å². The van der Waals surface area contributed by atoms with Crippen molar-refractivity contribution in [1.82, 2.24) is 24.2 Å². The zero-order chi connectivity index (χ0) is 38.0. The van der Waals surface area contributed by atoms with Crippen LogP contribution in [0.4, 0.5) is 15.9 Å². The van der Waals surface area contributed by atoms with E-state index in [9.17, 15) is 14.4 Å². The molecule has 0 saturated carbocycles. The summed E-state index contributed by atoms with van der Waals surface area (Å²) in [7, 11) is 1.67. The third-order valence-electron chi connectivity index (χ3n) is 9.83. The number of nitrogens with zero attached hydrogens (tertiary/aromatic N) is 5. The molecule has 1 N–H and O–H groups in total. The number of rotatable bonds is 12. The summed E-state index contributed by atoms with van der Waals surface area (Å²) in [5.74, 6) is -0.0411. The Balaban J connectivity index is 1.45. The molecule has 2 aromatic carbocycles. The van der Waals surface area contributed by atoms with Crippen LogP contribution in [0.5, 0.6) is 0 Å². The van der Waals surface area contributed by atoms with E-state index >= 15 is 4.39 Å². The lowest BCUT2D eigenvalue weighted by Crippen LogP contribution is -2.44. The van der Waals surface area contributed by atoms with Gasteiger partial charge in [0.15, 0.2) is 0 Å². The Morgan fingerprint density at radius 3 is 2.31 bits per heavy atom. The summed E-state index contributed by atoms with van der Waals surface area (Å²) in [5.41, 5.74) is 2.75. The zero-order valence-corrected chi connectivity index (χ0v) is 31.9. The minimum Gasteiger partial charge on any atom is -0.342 e. The monoisotopic (exact) mass is 706 g/mol. The van der Waals surface area contributed by atoms with Gasteiger partial charge in [-0.3, -0.25) is 14.4 Å². The minimum atomic E-state index is -0.769. The lowest BCUT2D eigenvalue weighted by atomic mass is 9.84. The third-order valence-corrected chi connectivity index (χ3v) is 9.83. The summed E-state index contributed by atoms with van der Waals surface area (Å²) in [5, 5.41) is 8.06. The largest absolute Gasteiger partial charge is 0.342 e. The number of fused-ring (bicyclic) bond motifs is 1. The molecule has 0 aliphatic heterocycles. The Morgan fingerprint density at radius 1 is 0.904 bits per heavy atom. The van der Waals surface area contributed by atoms with Crippen molar-refractivity contribution in [3.8, 4) is 16.8 Å². The number of carbonyl (C=O) groups excluding carboxylic acids is 1. The lowest BCUT2D eigenvalue weighted by molar-refractivity contribution is -0.136. The highest BCUT2D eigenvalue weighted by Crippen LogP contribution is 2.31. The lowest BCUT2D eigenvalue weighted by Gasteiger charge is -2.32. The average Bonchev–Trinajstić information content (AvgIpc) is 3.09. The number of halogens is 1. The van der Waals surface area contributed by atoms with Gasteiger partial charge in [-0.25, -0.2) is 9.37 Å². The highest BCUT2D eigenvalue weighted by molar-refractivity contribution is 5.87. The Bertz CT molecular complexity index is 2210. The first-order valence-electron chi connectivity index (χ1n) is 18.1. The number of benzene rings is 2. The summed E-state index contributed by atoms with van der Waals surface area (Å²) in [6, 6.07) is 14.1. The molecule has 0 atom stereocenters. The van der Waals surface area contributed by atoms with E-state index in [1.54, 1.807) is 37.6 Å². The number of hydrogen-bond acceptors (Lipinski definition) is 6. The molecule has 0 saturated heterocycles. The second kappa shape index (κ2) is 15.2. The number of nitrogens with one attached hydrogen (secondary N) is 1. The maximum atomic E-state index is 15.4. The van der Waals surface area contributed by atoms with Crippen LogP contribution in [-0.2, 0) is 22.7 Å². The second-order valence-corrected chi connectivity index (χ2v) is 15.2. The van der Waals surface area contributed by atoms with Gasteiger partial charge in [0.1, 0.15) is 17.3 Å². The molecule has 0 aliphatic rings. The number of aryl methyl sites for hydroxylation is 1. The summed E-state index contributed by atoms with van der Waals surface area (Å²) in [6.45, 7) is 17.4. The number of carbonyl (C=O) groups is 1. The van der Waals surface area contributed by atoms with Crippen molar-refractivity contribution in [2.75, 3.05) is 18.4 Å². The van der Waals surface area contributed by atoms with E-state index in [1.807, 2.05) is 70.7 Å². The summed E-state index contributed by atoms with van der Waals surface area (Å²) in [6.07, 6.45) is 9.01. The quantitative estimate of drug-likeness (QED) is 0.131. The van der Waals surface area contributed by atoms with E-state index in [-0.39, 0.29) is 22.3 Å². The van der Waals surface area contributed by atoms with E-state index in [0.29, 0.717) is 29.1 Å². The molecule has 1 amide bonds. The number of hydrogen-bond donors (Lipinski definition) is 1. The minimum absolute atomic E-state index is 0.0158. The van der Waals surface area contributed by atoms with Gasteiger partial charge in [-0.2, -0.15) is 9.78 Å². The third kappa shape index (κ3) is 7.71. The molecule has 274 valence electrons. The van der Waals surface area contributed by atoms with Crippen LogP contribution in [-0.4, -0.2) is 43.2 Å². The molecule has 0 unspecified atom stereocenters. The molecule has 3 aromatic heterocycles. The Labute approximate surface area is 305 Å². The fourth-order valence-electron chi connectivity index (χ4n) is 6.58. The van der Waals surface area contributed by atoms with E-state index in [4.69, 9.17) is 0 Å². The predicted octanol–water partition coefficient (Wildman–Crippen LogP) is 8.34. The first-order chi connectivity index (χ1) is 24.6. The average molecular weight is 707 g/mol. The van der Waals surface area contributed by atoms with Gasteiger partial charge in [0.25, 0.3) is 11.1 Å². The molecule has 9 nitrogen and oxygen atoms in total. The zero-order valence-electron chi connectivity index (χ0n) is 31.9. The maximum Gasteiger partial charge on any atom is 0.282 e. The summed E-state index contributed by atoms with van der Waals surface area (Å²) >= 11 is 0. The molecule has 10 heteroatoms. The molecule has 0 aliphatic carbocycles. The van der Waals surface area contributed by atoms with Crippen molar-refractivity contribution in [1.29, 1.82) is 0 Å². The van der Waals surface area contributed by atoms with Crippen LogP contribution in [0, 0.1) is 12.7 Å². The Morgan fingerprint density at radius 2 is 1.65 bits per heavy atom. The molecular formula is C42H51FN6O3. The van der Waals surface area contributed by atoms with Crippen molar-refractivity contribution in [2.24, 2.45) is 7.05 Å². The summed E-state index contributed by atoms with van der Waals surface area (Å²) in [4.78, 5) is 47.2. The number of pyridine rings is 2. The maximum absolute atomic E-state index is 15.4. The van der Waals surface area contributed by atoms with Crippen LogP contribution in [0.15, 0.2) is 76.7 Å². The standard InChI is InChI=1S/C42H51FN6O3/c1-10-12-13-20-48(19-11-2)40(52)42(7,8)30-17-18-36(44-25-30)46-34-22-29(26-47(9)38(34)50)32-15-14-16-35(27(32)3)49-39(51)37-28(24-45-49)21-31(23-33(37)43)41(4,5)6/h14-18,21-26H,10-13,19-20H2,1-9H3,(H,44,46). The van der Waals surface area contributed by atoms with Gasteiger partial charge in [0, 0.05) is 43.5 Å². The van der Waals surface area contributed by atoms with Crippen molar-refractivity contribution in [3.63, 3.8) is 0 Å². The van der Waals surface area contributed by atoms with Crippen LogP contribution < -0.4 is 16.4 Å². The normalized spacial score (nSPS) is 12.0. The molecule has 0 fully saturated rings. The highest BCUT2D eigenvalue weighted by Gasteiger charge is 2.33. The van der Waals surface area contributed by atoms with E-state index in [1.165, 1.54) is 21.5 Å². The van der Waals surface area contributed by atoms with Gasteiger partial charge < -0.3 is 14.8 Å². The van der Waals surface area contributed by atoms with Gasteiger partial charge in [0.2, 0.25) is 5.91 Å². The van der Waals surface area contributed by atoms with Crippen molar-refractivity contribution in [2.45, 2.75) is 91.9 Å². The molecule has 0 spiro atoms. The van der Waals surface area contributed by atoms with Gasteiger partial charge in [-0.15, -0.1) is 0 Å². The van der Waals surface area contributed by atoms with Crippen LogP contribution in [0.2, 0.25) is 0 Å². The Kier molecular flexibility index (Phi) is 11.2. The SMILES string of the molecule is CCCCCN(CCC)C(=O)C(C)(C)c1ccc(Nc2cc(-c3cccc(-n4ncc5cc(C(C)(C)C)cc(F)c5c4=O)c3C)cn(C)c2=O)nc1. The fraction of sp³-hybridized carbons (Fsp3) is 0.405. The molecule has 52 heavy (non-hydrogen) atoms. The van der Waals surface area contributed by atoms with Crippen LogP contribution >= 0.6 is 0 Å². The molecule has 5 rings (SSSR count). The predicted molar refractivity (Wildman–Crippen MR) is 208 cm³/mol. The first kappa shape index (κ1) is 38.1. The van der Waals surface area contributed by atoms with Gasteiger partial charge in [-0.05, 0) is 91.6 Å². The van der Waals surface area contributed by atoms with Crippen molar-refractivity contribution in [3.05, 3.63) is 110 Å². The smallest absolute Gasteiger partial charge is 0.282 e. The van der Waals surface area contributed by atoms with Gasteiger partial charge in [-0.1, -0.05) is 65.7 Å². The number of amides is 1. The van der Waals surface area contributed by atoms with Gasteiger partial charge >= 0.3 is 0 Å². The van der Waals surface area contributed by atoms with Crippen LogP contribution in [0.25, 0.3) is 27.6 Å². The van der Waals surface area contributed by atoms with Gasteiger partial charge in [0.05, 0.1) is 22.7 Å². The van der Waals surface area contributed by atoms with E-state index in [2.05, 4.69) is 29.2 Å². The first-order valence-corrected chi connectivity index (χ1v) is 18.1. The van der Waals surface area contributed by atoms with Crippen LogP contribution in [0.1, 0.15) is 90.8 Å². The van der Waals surface area contributed by atoms with Crippen molar-refractivity contribution < 1.29 is 9.18 Å². The highest BCUT2D eigenvalue weighted by atomic mass is 19.1. The molecule has 3 heterocycles. The molecule has 0 radical (unpaired) electrons.